The summed E-state index contributed by atoms with van der Waals surface area (Å²) in [6.45, 7) is 2.09. The molecule has 1 saturated heterocycles. The lowest BCUT2D eigenvalue weighted by atomic mass is 9.96. The smallest absolute Gasteiger partial charge is 0.202 e. The van der Waals surface area contributed by atoms with E-state index in [9.17, 15) is 4.57 Å². The van der Waals surface area contributed by atoms with Crippen molar-refractivity contribution < 1.29 is 18.6 Å². The summed E-state index contributed by atoms with van der Waals surface area (Å²) in [5.41, 5.74) is 0. The highest BCUT2D eigenvalue weighted by molar-refractivity contribution is 7.83. The maximum atomic E-state index is 11.6. The van der Waals surface area contributed by atoms with Gasteiger partial charge < -0.3 is 18.6 Å². The first-order chi connectivity index (χ1) is 6.98. The van der Waals surface area contributed by atoms with Gasteiger partial charge in [0.2, 0.25) is 7.57 Å². The van der Waals surface area contributed by atoms with E-state index in [1.807, 2.05) is 0 Å². The largest absolute Gasteiger partial charge is 0.382 e. The molecule has 4 atom stereocenters. The lowest BCUT2D eigenvalue weighted by molar-refractivity contribution is -0.00911. The molecule has 0 aromatic rings. The van der Waals surface area contributed by atoms with Crippen LogP contribution in [-0.4, -0.2) is 53.5 Å². The standard InChI is InChI=1S/C8H15B2O4P/c1-3-15(10,11)14-6-4-8(9)13-7(6)5-12-2/h6-8H,3-5H2,1-2H3/t6?,7-,8-,15?/m1/s1. The Bertz CT molecular complexity index is 251. The molecule has 2 unspecified atom stereocenters. The summed E-state index contributed by atoms with van der Waals surface area (Å²) in [5.74, 6) is 0. The van der Waals surface area contributed by atoms with E-state index in [1.54, 1.807) is 14.0 Å². The highest BCUT2D eigenvalue weighted by Gasteiger charge is 2.36. The van der Waals surface area contributed by atoms with Crippen molar-refractivity contribution in [2.75, 3.05) is 19.9 Å². The topological polar surface area (TPSA) is 44.8 Å². The van der Waals surface area contributed by atoms with E-state index >= 15 is 0 Å². The fourth-order valence-corrected chi connectivity index (χ4v) is 2.30. The Morgan fingerprint density at radius 1 is 1.60 bits per heavy atom. The molecular weight excluding hydrogens is 213 g/mol. The van der Waals surface area contributed by atoms with E-state index in [2.05, 4.69) is 0 Å². The molecule has 82 valence electrons. The molecule has 4 radical (unpaired) electrons. The zero-order valence-electron chi connectivity index (χ0n) is 9.09. The molecule has 0 aromatic heterocycles. The second-order valence-corrected chi connectivity index (χ2v) is 5.89. The molecule has 0 N–H and O–H groups in total. The third kappa shape index (κ3) is 3.95. The summed E-state index contributed by atoms with van der Waals surface area (Å²) in [6.07, 6.45) is 0.178. The first-order valence-electron chi connectivity index (χ1n) is 4.94. The van der Waals surface area contributed by atoms with Crippen LogP contribution in [0.2, 0.25) is 0 Å². The maximum Gasteiger partial charge on any atom is 0.202 e. The van der Waals surface area contributed by atoms with Gasteiger partial charge in [-0.25, -0.2) is 0 Å². The van der Waals surface area contributed by atoms with Crippen LogP contribution in [0.4, 0.5) is 0 Å². The van der Waals surface area contributed by atoms with Gasteiger partial charge >= 0.3 is 0 Å². The molecule has 4 nitrogen and oxygen atoms in total. The van der Waals surface area contributed by atoms with Gasteiger partial charge in [0, 0.05) is 19.3 Å². The maximum absolute atomic E-state index is 11.6. The number of hydrogen-bond acceptors (Lipinski definition) is 4. The minimum Gasteiger partial charge on any atom is -0.382 e. The zero-order valence-corrected chi connectivity index (χ0v) is 9.98. The Kier molecular flexibility index (Phi) is 4.91. The van der Waals surface area contributed by atoms with Crippen molar-refractivity contribution in [3.63, 3.8) is 0 Å². The molecule has 1 aliphatic heterocycles. The highest BCUT2D eigenvalue weighted by atomic mass is 31.2. The summed E-state index contributed by atoms with van der Waals surface area (Å²) in [5, 5.41) is 0. The van der Waals surface area contributed by atoms with Crippen molar-refractivity contribution in [1.82, 2.24) is 0 Å². The van der Waals surface area contributed by atoms with E-state index < -0.39 is 13.3 Å². The lowest BCUT2D eigenvalue weighted by Gasteiger charge is -2.22. The molecule has 1 rings (SSSR count). The highest BCUT2D eigenvalue weighted by Crippen LogP contribution is 2.44. The fourth-order valence-electron chi connectivity index (χ4n) is 1.47. The first-order valence-corrected chi connectivity index (χ1v) is 6.82. The molecule has 0 saturated carbocycles. The van der Waals surface area contributed by atoms with Gasteiger partial charge in [-0.3, -0.25) is 0 Å². The van der Waals surface area contributed by atoms with E-state index in [4.69, 9.17) is 29.4 Å². The van der Waals surface area contributed by atoms with Crippen LogP contribution in [0.3, 0.4) is 0 Å². The Morgan fingerprint density at radius 2 is 2.27 bits per heavy atom. The molecule has 7 heteroatoms. The van der Waals surface area contributed by atoms with Crippen molar-refractivity contribution in [2.24, 2.45) is 0 Å². The van der Waals surface area contributed by atoms with Crippen molar-refractivity contribution >= 4 is 22.7 Å². The third-order valence-electron chi connectivity index (χ3n) is 2.31. The zero-order chi connectivity index (χ0) is 11.5. The first kappa shape index (κ1) is 13.3. The van der Waals surface area contributed by atoms with Crippen molar-refractivity contribution in [3.8, 4) is 0 Å². The van der Waals surface area contributed by atoms with Crippen LogP contribution >= 0.6 is 7.25 Å². The van der Waals surface area contributed by atoms with Gasteiger partial charge in [-0.05, 0) is 6.42 Å². The Labute approximate surface area is 93.3 Å². The second kappa shape index (κ2) is 5.53. The Morgan fingerprint density at radius 3 is 2.80 bits per heavy atom. The summed E-state index contributed by atoms with van der Waals surface area (Å²) in [6, 6.07) is -0.396. The molecule has 0 aliphatic carbocycles. The van der Waals surface area contributed by atoms with Crippen molar-refractivity contribution in [1.29, 1.82) is 0 Å². The summed E-state index contributed by atoms with van der Waals surface area (Å²) < 4.78 is 27.3. The predicted octanol–water partition coefficient (Wildman–Crippen LogP) is 0.683. The van der Waals surface area contributed by atoms with Crippen molar-refractivity contribution in [2.45, 2.75) is 31.6 Å². The van der Waals surface area contributed by atoms with Crippen LogP contribution in [0.25, 0.3) is 0 Å². The summed E-state index contributed by atoms with van der Waals surface area (Å²) in [4.78, 5) is 0. The third-order valence-corrected chi connectivity index (χ3v) is 3.82. The Hall–Kier alpha value is 0.240. The van der Waals surface area contributed by atoms with Gasteiger partial charge in [-0.1, -0.05) is 6.92 Å². The van der Waals surface area contributed by atoms with Gasteiger partial charge in [-0.15, -0.1) is 0 Å². The normalized spacial score (nSPS) is 35.2. The van der Waals surface area contributed by atoms with E-state index in [0.29, 0.717) is 19.2 Å². The van der Waals surface area contributed by atoms with Crippen LogP contribution in [0, 0.1) is 0 Å². The van der Waals surface area contributed by atoms with Gasteiger partial charge in [0.1, 0.15) is 21.2 Å². The monoisotopic (exact) mass is 228 g/mol. The predicted molar refractivity (Wildman–Crippen MR) is 59.7 cm³/mol. The van der Waals surface area contributed by atoms with Crippen LogP contribution in [0.5, 0.6) is 0 Å². The SMILES string of the molecule is [B][C@H]1CC(OP([B])(=O)CC)[C@@H](COC)O1. The lowest BCUT2D eigenvalue weighted by Crippen LogP contribution is -2.28. The minimum absolute atomic E-state index is 0.284. The van der Waals surface area contributed by atoms with Crippen LogP contribution in [-0.2, 0) is 18.6 Å². The van der Waals surface area contributed by atoms with E-state index in [0.717, 1.165) is 0 Å². The number of hydrogen-bond donors (Lipinski definition) is 0. The fraction of sp³-hybridized carbons (Fsp3) is 1.00. The minimum atomic E-state index is -3.00. The molecule has 1 heterocycles. The van der Waals surface area contributed by atoms with Crippen LogP contribution < -0.4 is 0 Å². The molecular formula is C8H15B2O4P. The van der Waals surface area contributed by atoms with Gasteiger partial charge in [0.15, 0.2) is 0 Å². The van der Waals surface area contributed by atoms with Gasteiger partial charge in [0.05, 0.1) is 12.7 Å². The summed E-state index contributed by atoms with van der Waals surface area (Å²) in [7, 11) is 9.67. The van der Waals surface area contributed by atoms with Gasteiger partial charge in [0.25, 0.3) is 0 Å². The van der Waals surface area contributed by atoms with E-state index in [-0.39, 0.29) is 12.2 Å². The van der Waals surface area contributed by atoms with Crippen LogP contribution in [0.1, 0.15) is 13.3 Å². The molecule has 1 aliphatic rings. The number of rotatable bonds is 5. The van der Waals surface area contributed by atoms with Gasteiger partial charge in [-0.2, -0.15) is 0 Å². The quantitative estimate of drug-likeness (QED) is 0.512. The average Bonchev–Trinajstić information content (AvgIpc) is 2.47. The van der Waals surface area contributed by atoms with E-state index in [1.165, 1.54) is 0 Å². The molecule has 0 spiro atoms. The van der Waals surface area contributed by atoms with Crippen LogP contribution in [0.15, 0.2) is 0 Å². The molecule has 15 heavy (non-hydrogen) atoms. The Balaban J connectivity index is 2.55. The number of methoxy groups -OCH3 is 1. The average molecular weight is 228 g/mol. The second-order valence-electron chi connectivity index (χ2n) is 3.59. The molecule has 0 bridgehead atoms. The molecule has 0 amide bonds. The summed E-state index contributed by atoms with van der Waals surface area (Å²) >= 11 is 0. The van der Waals surface area contributed by atoms with Crippen molar-refractivity contribution in [3.05, 3.63) is 0 Å². The molecule has 1 fully saturated rings. The number of ether oxygens (including phenoxy) is 2. The molecule has 0 aromatic carbocycles.